The summed E-state index contributed by atoms with van der Waals surface area (Å²) in [6.07, 6.45) is 7.96. The minimum atomic E-state index is -0.131. The Hall–Kier alpha value is -2.85. The highest BCUT2D eigenvalue weighted by molar-refractivity contribution is 5.91. The van der Waals surface area contributed by atoms with Crippen LogP contribution < -0.4 is 0 Å². The lowest BCUT2D eigenvalue weighted by Crippen LogP contribution is -2.33. The summed E-state index contributed by atoms with van der Waals surface area (Å²) in [4.78, 5) is 14.8. The first-order valence-corrected chi connectivity index (χ1v) is 9.66. The van der Waals surface area contributed by atoms with Crippen LogP contribution in [-0.2, 0) is 16.1 Å². The van der Waals surface area contributed by atoms with Gasteiger partial charge in [-0.15, -0.1) is 0 Å². The van der Waals surface area contributed by atoms with Crippen LogP contribution in [0.4, 0.5) is 0 Å². The molecule has 0 aliphatic rings. The number of nitrogens with zero attached hydrogens (tertiary/aromatic N) is 1. The van der Waals surface area contributed by atoms with Crippen molar-refractivity contribution in [2.24, 2.45) is 0 Å². The van der Waals surface area contributed by atoms with Gasteiger partial charge in [-0.05, 0) is 36.5 Å². The molecule has 1 N–H and O–H groups in total. The Morgan fingerprint density at radius 1 is 1.00 bits per heavy atom. The van der Waals surface area contributed by atoms with Gasteiger partial charge in [0.2, 0.25) is 0 Å². The fraction of sp³-hybridized carbons (Fsp3) is 0.292. The number of aliphatic hydroxyl groups excluding tert-OH is 1. The molecular formula is C24H29NO3. The zero-order valence-corrected chi connectivity index (χ0v) is 16.5. The lowest BCUT2D eigenvalue weighted by Gasteiger charge is -2.23. The van der Waals surface area contributed by atoms with E-state index in [1.54, 1.807) is 11.0 Å². The molecule has 28 heavy (non-hydrogen) atoms. The summed E-state index contributed by atoms with van der Waals surface area (Å²) in [6, 6.07) is 19.8. The molecule has 2 rings (SSSR count). The zero-order valence-electron chi connectivity index (χ0n) is 16.5. The van der Waals surface area contributed by atoms with Gasteiger partial charge in [0, 0.05) is 19.7 Å². The average Bonchev–Trinajstić information content (AvgIpc) is 2.74. The summed E-state index contributed by atoms with van der Waals surface area (Å²) in [7, 11) is 1.52. The number of hydrogen-bond donors (Lipinski definition) is 1. The van der Waals surface area contributed by atoms with Gasteiger partial charge in [0.15, 0.2) is 5.76 Å². The van der Waals surface area contributed by atoms with Crippen molar-refractivity contribution >= 4 is 12.0 Å². The van der Waals surface area contributed by atoms with E-state index in [1.165, 1.54) is 7.11 Å². The number of carbonyl (C=O) groups is 1. The van der Waals surface area contributed by atoms with E-state index >= 15 is 0 Å². The van der Waals surface area contributed by atoms with E-state index < -0.39 is 0 Å². The third kappa shape index (κ3) is 7.41. The van der Waals surface area contributed by atoms with Crippen molar-refractivity contribution in [3.63, 3.8) is 0 Å². The summed E-state index contributed by atoms with van der Waals surface area (Å²) >= 11 is 0. The van der Waals surface area contributed by atoms with E-state index in [4.69, 9.17) is 9.84 Å². The second kappa shape index (κ2) is 12.5. The molecule has 0 heterocycles. The molecule has 2 aromatic carbocycles. The molecule has 1 amide bonds. The Morgan fingerprint density at radius 2 is 1.68 bits per heavy atom. The van der Waals surface area contributed by atoms with Crippen molar-refractivity contribution in [1.82, 2.24) is 4.90 Å². The van der Waals surface area contributed by atoms with Crippen molar-refractivity contribution in [2.45, 2.75) is 25.8 Å². The number of rotatable bonds is 11. The SMILES string of the molecule is COC(=CC=Cc1ccccc1)C(=O)N(CCCCCO)Cc1ccccc1. The number of aliphatic hydroxyl groups is 1. The molecule has 0 aliphatic heterocycles. The monoisotopic (exact) mass is 379 g/mol. The Bertz CT molecular complexity index is 754. The van der Waals surface area contributed by atoms with Crippen LogP contribution in [0.15, 0.2) is 78.6 Å². The number of benzene rings is 2. The Labute approximate surface area is 167 Å². The van der Waals surface area contributed by atoms with Gasteiger partial charge in [-0.25, -0.2) is 0 Å². The maximum Gasteiger partial charge on any atom is 0.289 e. The van der Waals surface area contributed by atoms with Gasteiger partial charge in [-0.1, -0.05) is 72.8 Å². The quantitative estimate of drug-likeness (QED) is 0.272. The van der Waals surface area contributed by atoms with Gasteiger partial charge in [-0.3, -0.25) is 4.79 Å². The normalized spacial score (nSPS) is 11.6. The predicted molar refractivity (Wildman–Crippen MR) is 113 cm³/mol. The average molecular weight is 380 g/mol. The molecule has 0 saturated heterocycles. The van der Waals surface area contributed by atoms with E-state index in [9.17, 15) is 4.79 Å². The molecule has 4 nitrogen and oxygen atoms in total. The molecule has 4 heteroatoms. The first-order chi connectivity index (χ1) is 13.7. The molecule has 0 saturated carbocycles. The van der Waals surface area contributed by atoms with Crippen molar-refractivity contribution in [1.29, 1.82) is 0 Å². The molecule has 2 aromatic rings. The van der Waals surface area contributed by atoms with Crippen LogP contribution in [0.25, 0.3) is 6.08 Å². The van der Waals surface area contributed by atoms with Crippen LogP contribution in [0.2, 0.25) is 0 Å². The third-order valence-electron chi connectivity index (χ3n) is 4.36. The van der Waals surface area contributed by atoms with Gasteiger partial charge in [0.05, 0.1) is 7.11 Å². The topological polar surface area (TPSA) is 49.8 Å². The second-order valence-corrected chi connectivity index (χ2v) is 6.50. The van der Waals surface area contributed by atoms with E-state index in [0.29, 0.717) is 18.8 Å². The Morgan fingerprint density at radius 3 is 2.32 bits per heavy atom. The van der Waals surface area contributed by atoms with E-state index in [1.807, 2.05) is 72.8 Å². The van der Waals surface area contributed by atoms with Gasteiger partial charge in [0.25, 0.3) is 5.91 Å². The lowest BCUT2D eigenvalue weighted by molar-refractivity contribution is -0.131. The van der Waals surface area contributed by atoms with Gasteiger partial charge in [0.1, 0.15) is 0 Å². The van der Waals surface area contributed by atoms with Crippen LogP contribution in [0.3, 0.4) is 0 Å². The molecule has 0 radical (unpaired) electrons. The van der Waals surface area contributed by atoms with Crippen LogP contribution >= 0.6 is 0 Å². The molecule has 0 fully saturated rings. The van der Waals surface area contributed by atoms with Crippen LogP contribution in [-0.4, -0.2) is 36.2 Å². The van der Waals surface area contributed by atoms with Crippen molar-refractivity contribution in [3.8, 4) is 0 Å². The number of methoxy groups -OCH3 is 1. The third-order valence-corrected chi connectivity index (χ3v) is 4.36. The first-order valence-electron chi connectivity index (χ1n) is 9.66. The largest absolute Gasteiger partial charge is 0.491 e. The van der Waals surface area contributed by atoms with E-state index in [0.717, 1.165) is 30.4 Å². The molecule has 0 aromatic heterocycles. The number of amides is 1. The van der Waals surface area contributed by atoms with Crippen molar-refractivity contribution in [3.05, 3.63) is 89.7 Å². The first kappa shape index (κ1) is 21.5. The fourth-order valence-corrected chi connectivity index (χ4v) is 2.84. The molecule has 0 aliphatic carbocycles. The second-order valence-electron chi connectivity index (χ2n) is 6.50. The van der Waals surface area contributed by atoms with E-state index in [2.05, 4.69) is 0 Å². The zero-order chi connectivity index (χ0) is 20.0. The van der Waals surface area contributed by atoms with Crippen molar-refractivity contribution < 1.29 is 14.6 Å². The molecule has 0 spiro atoms. The maximum absolute atomic E-state index is 13.0. The smallest absolute Gasteiger partial charge is 0.289 e. The summed E-state index contributed by atoms with van der Waals surface area (Å²) in [5, 5.41) is 8.98. The summed E-state index contributed by atoms with van der Waals surface area (Å²) < 4.78 is 5.37. The van der Waals surface area contributed by atoms with Crippen LogP contribution in [0, 0.1) is 0 Å². The highest BCUT2D eigenvalue weighted by Gasteiger charge is 2.18. The highest BCUT2D eigenvalue weighted by Crippen LogP contribution is 2.12. The Kier molecular flexibility index (Phi) is 9.59. The fourth-order valence-electron chi connectivity index (χ4n) is 2.84. The number of carbonyl (C=O) groups excluding carboxylic acids is 1. The minimum Gasteiger partial charge on any atom is -0.491 e. The van der Waals surface area contributed by atoms with Crippen LogP contribution in [0.1, 0.15) is 30.4 Å². The number of unbranched alkanes of at least 4 members (excludes halogenated alkanes) is 2. The predicted octanol–water partition coefficient (Wildman–Crippen LogP) is 4.42. The standard InChI is InChI=1S/C24H29NO3/c1-28-23(17-11-16-21-12-5-2-6-13-21)24(27)25(18-9-4-10-19-26)20-22-14-7-3-8-15-22/h2-3,5-8,11-17,26H,4,9-10,18-20H2,1H3. The molecule has 0 bridgehead atoms. The van der Waals surface area contributed by atoms with Crippen molar-refractivity contribution in [2.75, 3.05) is 20.3 Å². The van der Waals surface area contributed by atoms with Gasteiger partial charge < -0.3 is 14.7 Å². The van der Waals surface area contributed by atoms with E-state index in [-0.39, 0.29) is 12.5 Å². The lowest BCUT2D eigenvalue weighted by atomic mass is 10.1. The molecular weight excluding hydrogens is 350 g/mol. The number of hydrogen-bond acceptors (Lipinski definition) is 3. The molecule has 0 atom stereocenters. The summed E-state index contributed by atoms with van der Waals surface area (Å²) in [6.45, 7) is 1.33. The number of allylic oxidation sites excluding steroid dienone is 2. The number of ether oxygens (including phenoxy) is 1. The molecule has 0 unspecified atom stereocenters. The summed E-state index contributed by atoms with van der Waals surface area (Å²) in [5.41, 5.74) is 2.14. The molecule has 148 valence electrons. The highest BCUT2D eigenvalue weighted by atomic mass is 16.5. The Balaban J connectivity index is 2.10. The minimum absolute atomic E-state index is 0.131. The maximum atomic E-state index is 13.0. The van der Waals surface area contributed by atoms with Crippen LogP contribution in [0.5, 0.6) is 0 Å². The van der Waals surface area contributed by atoms with Gasteiger partial charge >= 0.3 is 0 Å². The van der Waals surface area contributed by atoms with Gasteiger partial charge in [-0.2, -0.15) is 0 Å². The summed E-state index contributed by atoms with van der Waals surface area (Å²) in [5.74, 6) is 0.179.